The molecule has 0 spiro atoms. The van der Waals surface area contributed by atoms with E-state index >= 15 is 0 Å². The van der Waals surface area contributed by atoms with Gasteiger partial charge in [0.15, 0.2) is 11.6 Å². The molecule has 0 aliphatic rings. The minimum atomic E-state index is -0.928. The second-order valence-corrected chi connectivity index (χ2v) is 4.87. The van der Waals surface area contributed by atoms with Gasteiger partial charge in [0, 0.05) is 17.8 Å². The lowest BCUT2D eigenvalue weighted by molar-refractivity contribution is -0.384. The van der Waals surface area contributed by atoms with E-state index < -0.39 is 16.6 Å². The molecule has 4 nitrogen and oxygen atoms in total. The summed E-state index contributed by atoms with van der Waals surface area (Å²) >= 11 is 5.81. The van der Waals surface area contributed by atoms with Crippen molar-refractivity contribution in [2.75, 3.05) is 5.32 Å². The zero-order valence-electron chi connectivity index (χ0n) is 10.9. The third-order valence-corrected chi connectivity index (χ3v) is 3.27. The summed E-state index contributed by atoms with van der Waals surface area (Å²) in [5, 5.41) is 13.7. The lowest BCUT2D eigenvalue weighted by atomic mass is 10.1. The highest BCUT2D eigenvalue weighted by molar-refractivity contribution is 6.32. The van der Waals surface area contributed by atoms with Gasteiger partial charge in [0.1, 0.15) is 5.02 Å². The zero-order valence-corrected chi connectivity index (χ0v) is 11.7. The molecule has 0 radical (unpaired) electrons. The Balaban J connectivity index is 2.19. The molecule has 0 amide bonds. The standard InChI is InChI=1S/C14H11ClF2N2O2/c1-8(9-2-4-12(16)13(17)6-9)18-10-3-5-14(19(20)21)11(15)7-10/h2-8,18H,1H3. The van der Waals surface area contributed by atoms with Crippen LogP contribution in [0.4, 0.5) is 20.2 Å². The SMILES string of the molecule is CC(Nc1ccc([N+](=O)[O-])c(Cl)c1)c1ccc(F)c(F)c1. The highest BCUT2D eigenvalue weighted by atomic mass is 35.5. The van der Waals surface area contributed by atoms with E-state index in [4.69, 9.17) is 11.6 Å². The van der Waals surface area contributed by atoms with E-state index in [0.29, 0.717) is 11.3 Å². The van der Waals surface area contributed by atoms with Crippen molar-refractivity contribution in [3.63, 3.8) is 0 Å². The largest absolute Gasteiger partial charge is 0.378 e. The predicted molar refractivity (Wildman–Crippen MR) is 76.5 cm³/mol. The van der Waals surface area contributed by atoms with E-state index in [-0.39, 0.29) is 16.8 Å². The molecule has 0 saturated heterocycles. The number of rotatable bonds is 4. The summed E-state index contributed by atoms with van der Waals surface area (Å²) in [7, 11) is 0. The summed E-state index contributed by atoms with van der Waals surface area (Å²) in [6.45, 7) is 1.75. The van der Waals surface area contributed by atoms with Crippen LogP contribution in [-0.4, -0.2) is 4.92 Å². The van der Waals surface area contributed by atoms with Crippen LogP contribution in [0, 0.1) is 21.7 Å². The van der Waals surface area contributed by atoms with E-state index in [1.54, 1.807) is 6.92 Å². The van der Waals surface area contributed by atoms with Crippen LogP contribution in [0.5, 0.6) is 0 Å². The van der Waals surface area contributed by atoms with Crippen molar-refractivity contribution in [2.24, 2.45) is 0 Å². The molecular weight excluding hydrogens is 302 g/mol. The number of nitrogens with one attached hydrogen (secondary N) is 1. The van der Waals surface area contributed by atoms with Crippen molar-refractivity contribution in [1.29, 1.82) is 0 Å². The molecule has 1 atom stereocenters. The molecule has 2 aromatic rings. The summed E-state index contributed by atoms with van der Waals surface area (Å²) in [6, 6.07) is 7.48. The Morgan fingerprint density at radius 1 is 1.19 bits per heavy atom. The van der Waals surface area contributed by atoms with Crippen LogP contribution in [0.15, 0.2) is 36.4 Å². The van der Waals surface area contributed by atoms with Crippen molar-refractivity contribution in [2.45, 2.75) is 13.0 Å². The van der Waals surface area contributed by atoms with Gasteiger partial charge in [0.25, 0.3) is 5.69 Å². The Hall–Kier alpha value is -2.21. The van der Waals surface area contributed by atoms with Gasteiger partial charge in [-0.25, -0.2) is 8.78 Å². The van der Waals surface area contributed by atoms with Gasteiger partial charge < -0.3 is 5.32 Å². The fourth-order valence-corrected chi connectivity index (χ4v) is 2.11. The third-order valence-electron chi connectivity index (χ3n) is 2.97. The number of benzene rings is 2. The monoisotopic (exact) mass is 312 g/mol. The first-order valence-electron chi connectivity index (χ1n) is 6.04. The Bertz CT molecular complexity index is 695. The van der Waals surface area contributed by atoms with Gasteiger partial charge >= 0.3 is 0 Å². The molecule has 21 heavy (non-hydrogen) atoms. The molecule has 0 fully saturated rings. The second kappa shape index (κ2) is 6.05. The molecule has 2 aromatic carbocycles. The highest BCUT2D eigenvalue weighted by Crippen LogP contribution is 2.29. The first-order chi connectivity index (χ1) is 9.88. The maximum Gasteiger partial charge on any atom is 0.288 e. The van der Waals surface area contributed by atoms with Gasteiger partial charge in [0.2, 0.25) is 0 Å². The Labute approximate surface area is 124 Å². The molecule has 0 bridgehead atoms. The predicted octanol–water partition coefficient (Wildman–Crippen LogP) is 4.70. The number of hydrogen-bond acceptors (Lipinski definition) is 3. The maximum absolute atomic E-state index is 13.2. The Morgan fingerprint density at radius 3 is 2.48 bits per heavy atom. The highest BCUT2D eigenvalue weighted by Gasteiger charge is 2.14. The quantitative estimate of drug-likeness (QED) is 0.657. The van der Waals surface area contributed by atoms with Crippen molar-refractivity contribution in [3.8, 4) is 0 Å². The van der Waals surface area contributed by atoms with Crippen molar-refractivity contribution in [1.82, 2.24) is 0 Å². The number of nitrogens with zero attached hydrogens (tertiary/aromatic N) is 1. The first-order valence-corrected chi connectivity index (χ1v) is 6.41. The molecule has 0 saturated carbocycles. The zero-order chi connectivity index (χ0) is 15.6. The lowest BCUT2D eigenvalue weighted by Crippen LogP contribution is -2.07. The first kappa shape index (κ1) is 15.2. The fraction of sp³-hybridized carbons (Fsp3) is 0.143. The lowest BCUT2D eigenvalue weighted by Gasteiger charge is -2.16. The molecule has 110 valence electrons. The second-order valence-electron chi connectivity index (χ2n) is 4.46. The normalized spacial score (nSPS) is 12.0. The molecule has 0 aliphatic heterocycles. The van der Waals surface area contributed by atoms with E-state index in [2.05, 4.69) is 5.32 Å². The molecule has 1 N–H and O–H groups in total. The van der Waals surface area contributed by atoms with Gasteiger partial charge in [-0.15, -0.1) is 0 Å². The van der Waals surface area contributed by atoms with Crippen LogP contribution in [-0.2, 0) is 0 Å². The van der Waals surface area contributed by atoms with Crippen LogP contribution < -0.4 is 5.32 Å². The smallest absolute Gasteiger partial charge is 0.288 e. The number of nitro benzene ring substituents is 1. The number of halogens is 3. The minimum Gasteiger partial charge on any atom is -0.378 e. The van der Waals surface area contributed by atoms with Crippen molar-refractivity contribution >= 4 is 23.0 Å². The fourth-order valence-electron chi connectivity index (χ4n) is 1.86. The summed E-state index contributed by atoms with van der Waals surface area (Å²) in [5.41, 5.74) is 0.897. The van der Waals surface area contributed by atoms with Gasteiger partial charge in [-0.3, -0.25) is 10.1 Å². The van der Waals surface area contributed by atoms with Gasteiger partial charge in [-0.2, -0.15) is 0 Å². The van der Waals surface area contributed by atoms with Crippen LogP contribution in [0.1, 0.15) is 18.5 Å². The molecule has 0 aromatic heterocycles. The van der Waals surface area contributed by atoms with Gasteiger partial charge in [-0.1, -0.05) is 17.7 Å². The van der Waals surface area contributed by atoms with Crippen LogP contribution in [0.3, 0.4) is 0 Å². The molecule has 2 rings (SSSR count). The third kappa shape index (κ3) is 3.46. The average molecular weight is 313 g/mol. The summed E-state index contributed by atoms with van der Waals surface area (Å²) in [5.74, 6) is -1.84. The average Bonchev–Trinajstić information content (AvgIpc) is 2.41. The van der Waals surface area contributed by atoms with E-state index in [0.717, 1.165) is 12.1 Å². The summed E-state index contributed by atoms with van der Waals surface area (Å²) < 4.78 is 26.1. The maximum atomic E-state index is 13.2. The Kier molecular flexibility index (Phi) is 4.37. The summed E-state index contributed by atoms with van der Waals surface area (Å²) in [6.07, 6.45) is 0. The van der Waals surface area contributed by atoms with Crippen LogP contribution in [0.25, 0.3) is 0 Å². The topological polar surface area (TPSA) is 55.2 Å². The number of hydrogen-bond donors (Lipinski definition) is 1. The molecule has 7 heteroatoms. The van der Waals surface area contributed by atoms with Crippen molar-refractivity contribution < 1.29 is 13.7 Å². The molecule has 1 unspecified atom stereocenters. The molecular formula is C14H11ClF2N2O2. The van der Waals surface area contributed by atoms with Crippen molar-refractivity contribution in [3.05, 3.63) is 68.7 Å². The van der Waals surface area contributed by atoms with Gasteiger partial charge in [-0.05, 0) is 36.8 Å². The van der Waals surface area contributed by atoms with E-state index in [1.807, 2.05) is 0 Å². The minimum absolute atomic E-state index is 0.00230. The van der Waals surface area contributed by atoms with E-state index in [1.165, 1.54) is 24.3 Å². The van der Waals surface area contributed by atoms with E-state index in [9.17, 15) is 18.9 Å². The summed E-state index contributed by atoms with van der Waals surface area (Å²) in [4.78, 5) is 10.1. The van der Waals surface area contributed by atoms with Crippen LogP contribution >= 0.6 is 11.6 Å². The molecule has 0 heterocycles. The number of anilines is 1. The number of nitro groups is 1. The van der Waals surface area contributed by atoms with Gasteiger partial charge in [0.05, 0.1) is 4.92 Å². The Morgan fingerprint density at radius 2 is 1.90 bits per heavy atom. The van der Waals surface area contributed by atoms with Crippen LogP contribution in [0.2, 0.25) is 5.02 Å². The molecule has 0 aliphatic carbocycles.